The zero-order chi connectivity index (χ0) is 20.8. The van der Waals surface area contributed by atoms with E-state index in [1.54, 1.807) is 0 Å². The van der Waals surface area contributed by atoms with E-state index in [4.69, 9.17) is 4.98 Å². The van der Waals surface area contributed by atoms with Crippen molar-refractivity contribution in [2.45, 2.75) is 30.8 Å². The fourth-order valence-corrected chi connectivity index (χ4v) is 4.83. The van der Waals surface area contributed by atoms with Crippen LogP contribution in [0.15, 0.2) is 84.9 Å². The molecule has 1 aliphatic carbocycles. The van der Waals surface area contributed by atoms with Crippen molar-refractivity contribution in [1.82, 2.24) is 4.98 Å². The highest BCUT2D eigenvalue weighted by Crippen LogP contribution is 2.55. The van der Waals surface area contributed by atoms with Crippen molar-refractivity contribution >= 4 is 17.1 Å². The van der Waals surface area contributed by atoms with Gasteiger partial charge >= 0.3 is 0 Å². The molecule has 0 aliphatic heterocycles. The molecule has 1 fully saturated rings. The van der Waals surface area contributed by atoms with E-state index in [-0.39, 0.29) is 0 Å². The lowest BCUT2D eigenvalue weighted by Crippen LogP contribution is -2.54. The summed E-state index contributed by atoms with van der Waals surface area (Å²) >= 11 is 0. The van der Waals surface area contributed by atoms with Crippen LogP contribution in [0.3, 0.4) is 0 Å². The Balaban J connectivity index is 1.66. The minimum Gasteiger partial charge on any atom is -0.385 e. The Kier molecular flexibility index (Phi) is 4.30. The van der Waals surface area contributed by atoms with Crippen molar-refractivity contribution in [3.8, 4) is 11.3 Å². The molecule has 5 rings (SSSR count). The normalized spacial score (nSPS) is 23.1. The van der Waals surface area contributed by atoms with Crippen LogP contribution in [0.2, 0.25) is 0 Å². The molecule has 148 valence electrons. The summed E-state index contributed by atoms with van der Waals surface area (Å²) in [7, 11) is 0. The number of aldehydes is 1. The molecule has 0 atom stereocenters. The number of hydrogen-bond acceptors (Lipinski definition) is 3. The topological polar surface area (TPSA) is 50.2 Å². The van der Waals surface area contributed by atoms with E-state index in [2.05, 4.69) is 31.2 Å². The second-order valence-electron chi connectivity index (χ2n) is 8.42. The first kappa shape index (κ1) is 18.7. The maximum absolute atomic E-state index is 12.4. The van der Waals surface area contributed by atoms with E-state index in [9.17, 15) is 9.90 Å². The van der Waals surface area contributed by atoms with Crippen LogP contribution in [-0.2, 0) is 15.8 Å². The predicted molar refractivity (Wildman–Crippen MR) is 119 cm³/mol. The Labute approximate surface area is 176 Å². The summed E-state index contributed by atoms with van der Waals surface area (Å²) in [5.41, 5.74) is 2.85. The minimum atomic E-state index is -1.01. The van der Waals surface area contributed by atoms with Crippen LogP contribution in [-0.4, -0.2) is 16.4 Å². The van der Waals surface area contributed by atoms with E-state index < -0.39 is 11.0 Å². The number of carbonyl (C=O) groups excluding carboxylic acids is 1. The van der Waals surface area contributed by atoms with Gasteiger partial charge in [0.05, 0.1) is 22.4 Å². The highest BCUT2D eigenvalue weighted by atomic mass is 16.3. The van der Waals surface area contributed by atoms with Crippen molar-refractivity contribution < 1.29 is 9.90 Å². The lowest BCUT2D eigenvalue weighted by Gasteiger charge is -2.50. The van der Waals surface area contributed by atoms with Crippen LogP contribution in [0, 0.1) is 6.92 Å². The first-order valence-corrected chi connectivity index (χ1v) is 10.3. The van der Waals surface area contributed by atoms with Crippen LogP contribution in [0.5, 0.6) is 0 Å². The summed E-state index contributed by atoms with van der Waals surface area (Å²) in [6.45, 7) is 2.07. The van der Waals surface area contributed by atoms with E-state index in [0.29, 0.717) is 12.8 Å². The predicted octanol–water partition coefficient (Wildman–Crippen LogP) is 5.33. The van der Waals surface area contributed by atoms with Crippen molar-refractivity contribution in [3.05, 3.63) is 102 Å². The van der Waals surface area contributed by atoms with E-state index in [1.807, 2.05) is 60.7 Å². The average Bonchev–Trinajstić information content (AvgIpc) is 2.77. The van der Waals surface area contributed by atoms with Crippen molar-refractivity contribution in [1.29, 1.82) is 0 Å². The molecule has 3 aromatic carbocycles. The Hall–Kier alpha value is -3.30. The minimum absolute atomic E-state index is 0.335. The van der Waals surface area contributed by atoms with Gasteiger partial charge in [-0.15, -0.1) is 0 Å². The van der Waals surface area contributed by atoms with Gasteiger partial charge in [0, 0.05) is 10.9 Å². The smallest absolute Gasteiger partial charge is 0.132 e. The highest BCUT2D eigenvalue weighted by molar-refractivity contribution is 5.92. The zero-order valence-corrected chi connectivity index (χ0v) is 16.9. The quantitative estimate of drug-likeness (QED) is 0.477. The van der Waals surface area contributed by atoms with Gasteiger partial charge in [0.25, 0.3) is 0 Å². The molecule has 0 unspecified atom stereocenters. The third kappa shape index (κ3) is 2.86. The fraction of sp³-hybridized carbons (Fsp3) is 0.185. The summed E-state index contributed by atoms with van der Waals surface area (Å²) < 4.78 is 0. The van der Waals surface area contributed by atoms with Gasteiger partial charge in [-0.25, -0.2) is 0 Å². The number of aliphatic hydroxyl groups is 1. The highest BCUT2D eigenvalue weighted by Gasteiger charge is 2.57. The number of aryl methyl sites for hydroxylation is 1. The second kappa shape index (κ2) is 6.89. The molecular weight excluding hydrogens is 370 g/mol. The fourth-order valence-electron chi connectivity index (χ4n) is 4.83. The molecule has 4 aromatic rings. The van der Waals surface area contributed by atoms with Gasteiger partial charge in [-0.3, -0.25) is 4.98 Å². The van der Waals surface area contributed by atoms with Crippen LogP contribution in [0.25, 0.3) is 22.0 Å². The summed E-state index contributed by atoms with van der Waals surface area (Å²) in [4.78, 5) is 17.4. The molecule has 30 heavy (non-hydrogen) atoms. The molecule has 0 saturated heterocycles. The summed E-state index contributed by atoms with van der Waals surface area (Å²) in [6, 6.07) is 27.9. The maximum Gasteiger partial charge on any atom is 0.132 e. The number of rotatable bonds is 4. The van der Waals surface area contributed by atoms with E-state index >= 15 is 0 Å². The van der Waals surface area contributed by atoms with Crippen LogP contribution >= 0.6 is 0 Å². The van der Waals surface area contributed by atoms with Crippen LogP contribution in [0.1, 0.15) is 29.7 Å². The van der Waals surface area contributed by atoms with Crippen molar-refractivity contribution in [3.63, 3.8) is 0 Å². The van der Waals surface area contributed by atoms with Gasteiger partial charge in [-0.2, -0.15) is 0 Å². The molecule has 1 heterocycles. The molecule has 3 nitrogen and oxygen atoms in total. The van der Waals surface area contributed by atoms with E-state index in [1.165, 1.54) is 0 Å². The Morgan fingerprint density at radius 3 is 2.30 bits per heavy atom. The number of carbonyl (C=O) groups is 1. The van der Waals surface area contributed by atoms with Gasteiger partial charge < -0.3 is 9.90 Å². The van der Waals surface area contributed by atoms with Crippen molar-refractivity contribution in [2.24, 2.45) is 0 Å². The Morgan fingerprint density at radius 2 is 1.57 bits per heavy atom. The molecule has 1 aromatic heterocycles. The monoisotopic (exact) mass is 393 g/mol. The van der Waals surface area contributed by atoms with Crippen LogP contribution in [0.4, 0.5) is 0 Å². The molecule has 0 radical (unpaired) electrons. The number of pyridine rings is 1. The summed E-state index contributed by atoms with van der Waals surface area (Å²) in [6.07, 6.45) is 1.66. The maximum atomic E-state index is 12.4. The zero-order valence-electron chi connectivity index (χ0n) is 16.9. The Bertz CT molecular complexity index is 1240. The molecule has 3 heteroatoms. The van der Waals surface area contributed by atoms with Crippen molar-refractivity contribution in [2.75, 3.05) is 0 Å². The van der Waals surface area contributed by atoms with Crippen LogP contribution < -0.4 is 0 Å². The third-order valence-corrected chi connectivity index (χ3v) is 6.39. The number of benzene rings is 3. The Morgan fingerprint density at radius 1 is 0.900 bits per heavy atom. The first-order chi connectivity index (χ1) is 14.5. The molecule has 0 bridgehead atoms. The standard InChI is InChI=1S/C27H23NO2/c1-19-9-5-7-13-22(19)24-15-20-10-6-8-14-23(20)25(28-24)26(18-29)16-27(30,17-26)21-11-3-2-4-12-21/h2-15,18,30H,16-17H2,1H3. The number of aromatic nitrogens is 1. The molecule has 1 aliphatic rings. The van der Waals surface area contributed by atoms with Gasteiger partial charge in [0.1, 0.15) is 6.29 Å². The third-order valence-electron chi connectivity index (χ3n) is 6.39. The molecular formula is C27H23NO2. The molecule has 0 spiro atoms. The largest absolute Gasteiger partial charge is 0.385 e. The average molecular weight is 393 g/mol. The first-order valence-electron chi connectivity index (χ1n) is 10.3. The SMILES string of the molecule is Cc1ccccc1-c1cc2ccccc2c(C2(C=O)CC(O)(c3ccccc3)C2)n1. The molecule has 1 N–H and O–H groups in total. The van der Waals surface area contributed by atoms with Gasteiger partial charge in [-0.1, -0.05) is 78.9 Å². The number of nitrogens with zero attached hydrogens (tertiary/aromatic N) is 1. The molecule has 0 amide bonds. The van der Waals surface area contributed by atoms with Gasteiger partial charge in [0.2, 0.25) is 0 Å². The lowest BCUT2D eigenvalue weighted by molar-refractivity contribution is -0.136. The second-order valence-corrected chi connectivity index (χ2v) is 8.42. The summed E-state index contributed by atoms with van der Waals surface area (Å²) in [5.74, 6) is 0. The van der Waals surface area contributed by atoms with E-state index in [0.717, 1.165) is 45.1 Å². The number of hydrogen-bond donors (Lipinski definition) is 1. The lowest BCUT2D eigenvalue weighted by atomic mass is 9.55. The van der Waals surface area contributed by atoms with Gasteiger partial charge in [-0.05, 0) is 42.3 Å². The number of fused-ring (bicyclic) bond motifs is 1. The summed E-state index contributed by atoms with van der Waals surface area (Å²) in [5, 5.41) is 13.2. The molecule has 1 saturated carbocycles. The van der Waals surface area contributed by atoms with Gasteiger partial charge in [0.15, 0.2) is 0 Å².